The van der Waals surface area contributed by atoms with Gasteiger partial charge in [-0.3, -0.25) is 43.5 Å². The molecule has 4 unspecified atom stereocenters. The fourth-order valence-corrected chi connectivity index (χ4v) is 12.7. The van der Waals surface area contributed by atoms with Gasteiger partial charge in [-0.25, -0.2) is 22.8 Å². The van der Waals surface area contributed by atoms with Gasteiger partial charge in [0.2, 0.25) is 29.5 Å². The SMILES string of the molecule is CC1COCCN1C[C@H]1CN(C(=O)OC(C)(C)C)[C@H](C)CN1CC(=O)N1CC(C)(C(=O)NCC(=O)Nc2ccc3c(c2)CN(C(=O)C(NC(=O)C(C)N(C)C(=O)OC(C)(C)C)C2CCOCC2)[C@@H]3C(=O)Nc2c(F)cccc2F)c2ccc(Cc3ccc(F)cc3)cc21. The average molecular weight is 1290 g/mol. The molecule has 9 rings (SSSR count). The molecule has 502 valence electrons. The molecule has 8 amide bonds. The van der Waals surface area contributed by atoms with Crippen LogP contribution in [0.15, 0.2) is 78.9 Å². The first-order valence-electron chi connectivity index (χ1n) is 31.7. The molecule has 0 spiro atoms. The maximum Gasteiger partial charge on any atom is 0.410 e. The molecule has 5 aliphatic rings. The van der Waals surface area contributed by atoms with E-state index in [-0.39, 0.29) is 73.9 Å². The molecule has 93 heavy (non-hydrogen) atoms. The van der Waals surface area contributed by atoms with Crippen molar-refractivity contribution in [2.75, 3.05) is 94.8 Å². The first kappa shape index (κ1) is 69.2. The second-order valence-electron chi connectivity index (χ2n) is 27.3. The Bertz CT molecular complexity index is 3450. The molecule has 0 aliphatic carbocycles. The Kier molecular flexibility index (Phi) is 21.3. The molecule has 25 heteroatoms. The van der Waals surface area contributed by atoms with E-state index in [1.54, 1.807) is 55.7 Å². The summed E-state index contributed by atoms with van der Waals surface area (Å²) in [6, 6.07) is 14.8. The van der Waals surface area contributed by atoms with Crippen LogP contribution in [0.1, 0.15) is 116 Å². The normalized spacial score (nSPS) is 21.8. The highest BCUT2D eigenvalue weighted by atomic mass is 19.1. The Morgan fingerprint density at radius 2 is 1.45 bits per heavy atom. The van der Waals surface area contributed by atoms with Gasteiger partial charge >= 0.3 is 12.2 Å². The van der Waals surface area contributed by atoms with E-state index in [1.807, 2.05) is 39.8 Å². The van der Waals surface area contributed by atoms with Crippen LogP contribution in [0.3, 0.4) is 0 Å². The first-order chi connectivity index (χ1) is 43.9. The van der Waals surface area contributed by atoms with E-state index in [4.69, 9.17) is 18.9 Å². The first-order valence-corrected chi connectivity index (χ1v) is 31.7. The molecule has 4 aromatic rings. The largest absolute Gasteiger partial charge is 0.444 e. The second kappa shape index (κ2) is 28.6. The van der Waals surface area contributed by atoms with E-state index in [1.165, 1.54) is 49.2 Å². The summed E-state index contributed by atoms with van der Waals surface area (Å²) in [4.78, 5) is 124. The summed E-state index contributed by atoms with van der Waals surface area (Å²) in [7, 11) is 1.39. The lowest BCUT2D eigenvalue weighted by Gasteiger charge is -2.47. The van der Waals surface area contributed by atoms with Gasteiger partial charge in [-0.05, 0) is 165 Å². The van der Waals surface area contributed by atoms with Crippen LogP contribution in [-0.4, -0.2) is 193 Å². The number of carbonyl (C=O) groups excluding carboxylic acids is 8. The smallest absolute Gasteiger partial charge is 0.410 e. The number of likely N-dealkylation sites (N-methyl/N-ethyl adjacent to an activating group) is 1. The number of ether oxygens (including phenoxy) is 4. The van der Waals surface area contributed by atoms with E-state index in [2.05, 4.69) is 38.0 Å². The highest BCUT2D eigenvalue weighted by Crippen LogP contribution is 2.43. The predicted molar refractivity (Wildman–Crippen MR) is 340 cm³/mol. The highest BCUT2D eigenvalue weighted by molar-refractivity contribution is 6.05. The van der Waals surface area contributed by atoms with Crippen molar-refractivity contribution < 1.29 is 70.5 Å². The number of piperazine rings is 1. The number of morpholine rings is 1. The minimum atomic E-state index is -1.50. The van der Waals surface area contributed by atoms with Crippen molar-refractivity contribution in [3.05, 3.63) is 124 Å². The van der Waals surface area contributed by atoms with Crippen molar-refractivity contribution in [3.63, 3.8) is 0 Å². The van der Waals surface area contributed by atoms with E-state index in [0.717, 1.165) is 34.2 Å². The number of rotatable bonds is 17. The van der Waals surface area contributed by atoms with Crippen molar-refractivity contribution in [1.82, 2.24) is 35.1 Å². The molecule has 5 aliphatic heterocycles. The molecule has 0 radical (unpaired) electrons. The topological polar surface area (TPSA) is 241 Å². The van der Waals surface area contributed by atoms with Crippen LogP contribution in [0.25, 0.3) is 0 Å². The quantitative estimate of drug-likeness (QED) is 0.0813. The standard InChI is InChI=1S/C68H87F3N10O12/c1-40-33-78(49(35-77-25-28-91-38-41(77)2)36-79(40)65(89)93-67(7,8)9)37-56(83)81-39-68(10,51-22-17-44(30-54(51)81)29-43-15-18-47(69)19-16-43)63(87)72-32-55(82)73-48-20-21-50-46(31-48)34-80(59(50)61(85)75-58-52(70)13-12-14-53(58)71)62(86)57(45-23-26-90-27-24-45)74-60(84)42(3)76(11)64(88)92-66(4,5)6/h12-22,30-31,40-42,45,49,57,59H,23-29,32-39H2,1-11H3,(H,72,87)(H,73,82)(H,74,84)(H,75,85)/t40-,41?,42?,49+,57?,59+,68?/m1/s1. The van der Waals surface area contributed by atoms with Crippen molar-refractivity contribution >= 4 is 64.7 Å². The molecule has 22 nitrogen and oxygen atoms in total. The van der Waals surface area contributed by atoms with Gasteiger partial charge in [-0.1, -0.05) is 36.4 Å². The zero-order chi connectivity index (χ0) is 67.4. The number of para-hydroxylation sites is 1. The molecule has 3 fully saturated rings. The van der Waals surface area contributed by atoms with Crippen molar-refractivity contribution in [1.29, 1.82) is 0 Å². The second-order valence-corrected chi connectivity index (χ2v) is 27.3. The van der Waals surface area contributed by atoms with Crippen LogP contribution >= 0.6 is 0 Å². The lowest BCUT2D eigenvalue weighted by Crippen LogP contribution is -2.64. The number of benzene rings is 4. The van der Waals surface area contributed by atoms with E-state index >= 15 is 18.4 Å². The van der Waals surface area contributed by atoms with Crippen LogP contribution in [0.4, 0.5) is 39.8 Å². The summed E-state index contributed by atoms with van der Waals surface area (Å²) >= 11 is 0. The van der Waals surface area contributed by atoms with Gasteiger partial charge < -0.3 is 54.9 Å². The lowest BCUT2D eigenvalue weighted by atomic mass is 9.83. The summed E-state index contributed by atoms with van der Waals surface area (Å²) in [5.41, 5.74) is -0.235. The fraction of sp³-hybridized carbons (Fsp3) is 0.529. The average Bonchev–Trinajstić information content (AvgIpc) is 1.61. The van der Waals surface area contributed by atoms with Crippen LogP contribution in [0.2, 0.25) is 0 Å². The Morgan fingerprint density at radius 1 is 0.774 bits per heavy atom. The van der Waals surface area contributed by atoms with Crippen molar-refractivity contribution in [2.24, 2.45) is 5.92 Å². The molecular weight excluding hydrogens is 1210 g/mol. The monoisotopic (exact) mass is 1290 g/mol. The molecule has 0 saturated carbocycles. The molecule has 4 N–H and O–H groups in total. The van der Waals surface area contributed by atoms with Crippen LogP contribution < -0.4 is 26.2 Å². The van der Waals surface area contributed by atoms with Gasteiger partial charge in [-0.15, -0.1) is 0 Å². The van der Waals surface area contributed by atoms with Gasteiger partial charge in [0, 0.05) is 89.0 Å². The molecule has 3 saturated heterocycles. The number of carbonyl (C=O) groups is 8. The highest BCUT2D eigenvalue weighted by Gasteiger charge is 2.49. The molecule has 7 atom stereocenters. The van der Waals surface area contributed by atoms with E-state index in [9.17, 15) is 33.2 Å². The third kappa shape index (κ3) is 16.4. The zero-order valence-corrected chi connectivity index (χ0v) is 54.9. The van der Waals surface area contributed by atoms with E-state index < -0.39 is 106 Å². The number of hydrogen-bond donors (Lipinski definition) is 4. The Labute approximate surface area is 541 Å². The fourth-order valence-electron chi connectivity index (χ4n) is 12.7. The summed E-state index contributed by atoms with van der Waals surface area (Å²) in [6.45, 7) is 20.2. The summed E-state index contributed by atoms with van der Waals surface area (Å²) in [5.74, 6) is -6.89. The summed E-state index contributed by atoms with van der Waals surface area (Å²) in [5, 5.41) is 10.8. The number of amides is 8. The van der Waals surface area contributed by atoms with Crippen LogP contribution in [0, 0.1) is 23.4 Å². The molecule has 0 bridgehead atoms. The molecular formula is C68H87F3N10O12. The number of anilines is 3. The minimum absolute atomic E-state index is 0.0541. The molecule has 4 aromatic carbocycles. The molecule has 5 heterocycles. The van der Waals surface area contributed by atoms with Crippen molar-refractivity contribution in [2.45, 2.75) is 148 Å². The lowest BCUT2D eigenvalue weighted by molar-refractivity contribution is -0.144. The van der Waals surface area contributed by atoms with Crippen molar-refractivity contribution in [3.8, 4) is 0 Å². The van der Waals surface area contributed by atoms with Gasteiger partial charge in [0.1, 0.15) is 52.5 Å². The van der Waals surface area contributed by atoms with E-state index in [0.29, 0.717) is 75.5 Å². The maximum atomic E-state index is 15.2. The summed E-state index contributed by atoms with van der Waals surface area (Å²) in [6.07, 6.45) is -0.144. The third-order valence-corrected chi connectivity index (χ3v) is 17.9. The minimum Gasteiger partial charge on any atom is -0.444 e. The number of hydrogen-bond acceptors (Lipinski definition) is 14. The number of fused-ring (bicyclic) bond motifs is 2. The Balaban J connectivity index is 0.940. The van der Waals surface area contributed by atoms with Crippen LogP contribution in [-0.2, 0) is 66.1 Å². The zero-order valence-electron chi connectivity index (χ0n) is 54.9. The van der Waals surface area contributed by atoms with Gasteiger partial charge in [0.05, 0.1) is 31.7 Å². The Morgan fingerprint density at radius 3 is 2.12 bits per heavy atom. The van der Waals surface area contributed by atoms with Gasteiger partial charge in [0.15, 0.2) is 0 Å². The third-order valence-electron chi connectivity index (χ3n) is 17.9. The number of nitrogens with zero attached hydrogens (tertiary/aromatic N) is 6. The molecule has 0 aromatic heterocycles. The van der Waals surface area contributed by atoms with Crippen LogP contribution in [0.5, 0.6) is 0 Å². The van der Waals surface area contributed by atoms with Gasteiger partial charge in [0.25, 0.3) is 5.91 Å². The predicted octanol–water partition coefficient (Wildman–Crippen LogP) is 7.27. The summed E-state index contributed by atoms with van der Waals surface area (Å²) < 4.78 is 67.0. The maximum absolute atomic E-state index is 15.2. The number of nitrogens with one attached hydrogen (secondary N) is 4. The number of halogens is 3. The van der Waals surface area contributed by atoms with Gasteiger partial charge in [-0.2, -0.15) is 0 Å². The Hall–Kier alpha value is -8.13.